The molecule has 5 aromatic carbocycles. The van der Waals surface area contributed by atoms with Crippen molar-refractivity contribution in [3.05, 3.63) is 162 Å². The van der Waals surface area contributed by atoms with E-state index in [1.807, 2.05) is 128 Å². The van der Waals surface area contributed by atoms with Crippen LogP contribution in [-0.2, 0) is 28.2 Å². The number of fused-ring (bicyclic) bond motifs is 4. The first kappa shape index (κ1) is 37.6. The Morgan fingerprint density at radius 3 is 2.26 bits per heavy atom. The summed E-state index contributed by atoms with van der Waals surface area (Å²) in [6, 6.07) is 39.6. The molecule has 58 heavy (non-hydrogen) atoms. The van der Waals surface area contributed by atoms with E-state index in [0.717, 1.165) is 22.4 Å². The van der Waals surface area contributed by atoms with Crippen molar-refractivity contribution in [3.63, 3.8) is 0 Å². The predicted octanol–water partition coefficient (Wildman–Crippen LogP) is 8.90. The minimum absolute atomic E-state index is 0.114. The van der Waals surface area contributed by atoms with Crippen LogP contribution in [0.4, 0.5) is 21.2 Å². The number of benzene rings is 5. The Labute approximate surface area is 337 Å². The third-order valence-corrected chi connectivity index (χ3v) is 14.4. The summed E-state index contributed by atoms with van der Waals surface area (Å²) in [6.45, 7) is 5.91. The number of carbonyl (C=O) groups is 2. The molecule has 1 spiro atoms. The molecule has 0 radical (unpaired) electrons. The maximum Gasteiger partial charge on any atom is 0.266 e. The van der Waals surface area contributed by atoms with Crippen LogP contribution in [-0.4, -0.2) is 53.0 Å². The number of aliphatic hydroxyl groups excluding tert-OH is 1. The number of aromatic nitrogens is 3. The summed E-state index contributed by atoms with van der Waals surface area (Å²) >= 11 is 0. The molecule has 3 aliphatic heterocycles. The van der Waals surface area contributed by atoms with Gasteiger partial charge in [-0.3, -0.25) is 19.2 Å². The summed E-state index contributed by atoms with van der Waals surface area (Å²) < 4.78 is 31.4. The minimum Gasteiger partial charge on any atom is -0.454 e. The first-order valence-corrected chi connectivity index (χ1v) is 22.7. The quantitative estimate of drug-likeness (QED) is 0.109. The Morgan fingerprint density at radius 2 is 1.52 bits per heavy atom. The van der Waals surface area contributed by atoms with Gasteiger partial charge in [-0.05, 0) is 73.1 Å². The Bertz CT molecular complexity index is 2490. The average molecular weight is 794 g/mol. The number of para-hydroxylation sites is 4. The summed E-state index contributed by atoms with van der Waals surface area (Å²) in [4.78, 5) is 32.4. The lowest BCUT2D eigenvalue weighted by Gasteiger charge is -2.31. The van der Waals surface area contributed by atoms with Crippen molar-refractivity contribution in [2.24, 2.45) is 5.92 Å². The summed E-state index contributed by atoms with van der Waals surface area (Å²) in [6.07, 6.45) is 1.71. The lowest BCUT2D eigenvalue weighted by molar-refractivity contribution is -0.146. The fraction of sp³-hybridized carbons (Fsp3) is 0.261. The Balaban J connectivity index is 0.978. The number of carbonyl (C=O) groups excluding carboxylic acids is 2. The Kier molecular flexibility index (Phi) is 9.58. The molecule has 3 aliphatic rings. The highest BCUT2D eigenvalue weighted by Gasteiger charge is 2.66. The van der Waals surface area contributed by atoms with Gasteiger partial charge in [-0.2, -0.15) is 0 Å². The molecule has 4 heterocycles. The van der Waals surface area contributed by atoms with Crippen LogP contribution in [0.1, 0.15) is 52.0 Å². The van der Waals surface area contributed by atoms with Crippen molar-refractivity contribution in [2.45, 2.75) is 62.7 Å². The van der Waals surface area contributed by atoms with Crippen LogP contribution < -0.4 is 14.5 Å². The summed E-state index contributed by atoms with van der Waals surface area (Å²) in [5.74, 6) is -0.110. The molecule has 5 atom stereocenters. The van der Waals surface area contributed by atoms with E-state index in [0.29, 0.717) is 47.1 Å². The average Bonchev–Trinajstić information content (AvgIpc) is 3.86. The number of aliphatic hydroxyl groups is 1. The SMILES string of the molecule is C[C@H]1[C@H]([Si](C)(C)F)[C@@H](CCn2cc(C(CO)c3ccccc3)nn2)O[C@]12C(=O)N(Cc1ccc(N3C(=O)c4ccccc4Oc4ccccc43)cc1)c1ccccc12. The number of hydrogen-bond donors (Lipinski definition) is 1. The molecular weight excluding hydrogens is 750 g/mol. The zero-order valence-corrected chi connectivity index (χ0v) is 33.5. The van der Waals surface area contributed by atoms with Gasteiger partial charge in [0.1, 0.15) is 5.75 Å². The first-order valence-electron chi connectivity index (χ1n) is 19.7. The monoisotopic (exact) mass is 793 g/mol. The van der Waals surface area contributed by atoms with Gasteiger partial charge in [0.25, 0.3) is 11.8 Å². The number of amides is 2. The second-order valence-corrected chi connectivity index (χ2v) is 19.7. The molecule has 12 heteroatoms. The van der Waals surface area contributed by atoms with Gasteiger partial charge in [-0.15, -0.1) is 5.10 Å². The van der Waals surface area contributed by atoms with E-state index in [1.165, 1.54) is 0 Å². The van der Waals surface area contributed by atoms with E-state index in [4.69, 9.17) is 9.47 Å². The van der Waals surface area contributed by atoms with E-state index in [-0.39, 0.29) is 30.9 Å². The van der Waals surface area contributed by atoms with Gasteiger partial charge in [0, 0.05) is 35.5 Å². The van der Waals surface area contributed by atoms with Gasteiger partial charge in [-0.25, -0.2) is 0 Å². The van der Waals surface area contributed by atoms with Gasteiger partial charge < -0.3 is 23.6 Å². The smallest absolute Gasteiger partial charge is 0.266 e. The molecule has 1 N–H and O–H groups in total. The molecule has 0 bridgehead atoms. The molecule has 6 aromatic rings. The Hall–Kier alpha value is -5.95. The van der Waals surface area contributed by atoms with E-state index >= 15 is 4.11 Å². The maximum atomic E-state index is 16.5. The van der Waals surface area contributed by atoms with Crippen molar-refractivity contribution in [3.8, 4) is 11.5 Å². The van der Waals surface area contributed by atoms with E-state index < -0.39 is 31.6 Å². The van der Waals surface area contributed by atoms with E-state index in [2.05, 4.69) is 10.3 Å². The molecule has 1 aromatic heterocycles. The fourth-order valence-corrected chi connectivity index (χ4v) is 11.9. The van der Waals surface area contributed by atoms with Crippen LogP contribution in [0.3, 0.4) is 0 Å². The van der Waals surface area contributed by atoms with Crippen LogP contribution in [0.2, 0.25) is 18.6 Å². The van der Waals surface area contributed by atoms with Crippen LogP contribution >= 0.6 is 0 Å². The second kappa shape index (κ2) is 14.8. The molecule has 9 rings (SSSR count). The molecular formula is C46H44FN5O5Si. The number of ether oxygens (including phenoxy) is 2. The number of aryl methyl sites for hydroxylation is 1. The van der Waals surface area contributed by atoms with Crippen LogP contribution in [0.25, 0.3) is 0 Å². The summed E-state index contributed by atoms with van der Waals surface area (Å²) in [5, 5.41) is 18.9. The number of halogens is 1. The second-order valence-electron chi connectivity index (χ2n) is 15.9. The minimum atomic E-state index is -3.39. The van der Waals surface area contributed by atoms with Crippen LogP contribution in [0.5, 0.6) is 11.5 Å². The van der Waals surface area contributed by atoms with E-state index in [1.54, 1.807) is 39.7 Å². The third kappa shape index (κ3) is 6.32. The van der Waals surface area contributed by atoms with E-state index in [9.17, 15) is 14.7 Å². The largest absolute Gasteiger partial charge is 0.454 e. The summed E-state index contributed by atoms with van der Waals surface area (Å²) in [7, 11) is -3.39. The first-order chi connectivity index (χ1) is 28.1. The van der Waals surface area contributed by atoms with Gasteiger partial charge in [0.05, 0.1) is 47.8 Å². The molecule has 10 nitrogen and oxygen atoms in total. The zero-order chi connectivity index (χ0) is 40.2. The molecule has 2 amide bonds. The van der Waals surface area contributed by atoms with Gasteiger partial charge >= 0.3 is 0 Å². The number of anilines is 3. The molecule has 1 saturated heterocycles. The predicted molar refractivity (Wildman–Crippen MR) is 222 cm³/mol. The summed E-state index contributed by atoms with van der Waals surface area (Å²) in [5.41, 5.74) is 3.84. The lowest BCUT2D eigenvalue weighted by atomic mass is 9.82. The number of hydrogen-bond acceptors (Lipinski definition) is 7. The molecule has 1 unspecified atom stereocenters. The topological polar surface area (TPSA) is 110 Å². The highest BCUT2D eigenvalue weighted by molar-refractivity contribution is 6.72. The van der Waals surface area contributed by atoms with Crippen LogP contribution in [0, 0.1) is 5.92 Å². The van der Waals surface area contributed by atoms with Gasteiger partial charge in [0.2, 0.25) is 8.41 Å². The normalized spacial score (nSPS) is 21.7. The lowest BCUT2D eigenvalue weighted by Crippen LogP contribution is -2.45. The van der Waals surface area contributed by atoms with Gasteiger partial charge in [0.15, 0.2) is 11.4 Å². The molecule has 294 valence electrons. The third-order valence-electron chi connectivity index (χ3n) is 12.0. The van der Waals surface area contributed by atoms with Crippen molar-refractivity contribution >= 4 is 37.3 Å². The highest BCUT2D eigenvalue weighted by atomic mass is 28.4. The fourth-order valence-electron chi connectivity index (χ4n) is 9.32. The van der Waals surface area contributed by atoms with Crippen molar-refractivity contribution in [1.82, 2.24) is 15.0 Å². The van der Waals surface area contributed by atoms with Crippen LogP contribution in [0.15, 0.2) is 134 Å². The number of nitrogens with zero attached hydrogens (tertiary/aromatic N) is 5. The Morgan fingerprint density at radius 1 is 0.845 bits per heavy atom. The van der Waals surface area contributed by atoms with Gasteiger partial charge in [-0.1, -0.05) is 97.1 Å². The molecule has 0 aliphatic carbocycles. The molecule has 1 fully saturated rings. The van der Waals surface area contributed by atoms with Crippen molar-refractivity contribution in [1.29, 1.82) is 0 Å². The van der Waals surface area contributed by atoms with Crippen molar-refractivity contribution < 1.29 is 28.3 Å². The van der Waals surface area contributed by atoms with Crippen molar-refractivity contribution in [2.75, 3.05) is 16.4 Å². The standard InChI is InChI=1S/C46H44FN5O5Si/c1-30-43(58(2,3)47)42(25-26-50-28-37(48-49-50)35(29-53)32-13-5-4-6-14-32)57-46(30)36-16-8-9-17-38(36)51(45(46)55)27-31-21-23-33(24-22-31)52-39-18-10-12-20-41(39)56-40-19-11-7-15-34(40)44(52)54/h4-24,28,30,35,42-43,53H,25-27,29H2,1-3H3/t30-,35?,42+,43-,46+/m0/s1. The highest BCUT2D eigenvalue weighted by Crippen LogP contribution is 2.60. The maximum absolute atomic E-state index is 16.5. The molecule has 0 saturated carbocycles. The zero-order valence-electron chi connectivity index (χ0n) is 32.5. The number of rotatable bonds is 10.